The molecule has 6 nitrogen and oxygen atoms in total. The number of carbonyl (C=O) groups excluding carboxylic acids is 1. The van der Waals surface area contributed by atoms with Gasteiger partial charge in [-0.3, -0.25) is 14.9 Å². The van der Waals surface area contributed by atoms with E-state index in [0.717, 1.165) is 6.07 Å². The van der Waals surface area contributed by atoms with Gasteiger partial charge in [0.25, 0.3) is 11.6 Å². The van der Waals surface area contributed by atoms with Crippen LogP contribution in [0.2, 0.25) is 5.02 Å². The van der Waals surface area contributed by atoms with Crippen molar-refractivity contribution in [3.8, 4) is 6.07 Å². The van der Waals surface area contributed by atoms with Crippen molar-refractivity contribution in [3.05, 3.63) is 68.7 Å². The maximum Gasteiger partial charge on any atom is 0.270 e. The number of non-ortho nitro benzene ring substituents is 1. The van der Waals surface area contributed by atoms with Crippen LogP contribution in [0.25, 0.3) is 0 Å². The van der Waals surface area contributed by atoms with E-state index in [2.05, 4.69) is 5.32 Å². The first-order valence-corrected chi connectivity index (χ1v) is 6.15. The molecule has 0 heterocycles. The average molecular weight is 302 g/mol. The lowest BCUT2D eigenvalue weighted by atomic mass is 10.1. The van der Waals surface area contributed by atoms with E-state index in [0.29, 0.717) is 11.3 Å². The van der Waals surface area contributed by atoms with E-state index < -0.39 is 10.8 Å². The van der Waals surface area contributed by atoms with Gasteiger partial charge in [-0.25, -0.2) is 0 Å². The number of benzene rings is 2. The number of nitro benzene ring substituents is 1. The molecule has 0 aliphatic heterocycles. The number of nitriles is 1. The summed E-state index contributed by atoms with van der Waals surface area (Å²) in [4.78, 5) is 22.1. The molecule has 104 valence electrons. The van der Waals surface area contributed by atoms with Gasteiger partial charge in [0.2, 0.25) is 0 Å². The molecule has 0 atom stereocenters. The van der Waals surface area contributed by atoms with Gasteiger partial charge in [0.1, 0.15) is 6.07 Å². The Labute approximate surface area is 124 Å². The minimum Gasteiger partial charge on any atom is -0.321 e. The van der Waals surface area contributed by atoms with E-state index in [1.54, 1.807) is 24.3 Å². The van der Waals surface area contributed by atoms with Gasteiger partial charge >= 0.3 is 0 Å². The molecule has 0 bridgehead atoms. The highest BCUT2D eigenvalue weighted by Crippen LogP contribution is 2.24. The maximum atomic E-state index is 12.1. The molecule has 1 N–H and O–H groups in total. The smallest absolute Gasteiger partial charge is 0.270 e. The molecule has 1 amide bonds. The second-order valence-corrected chi connectivity index (χ2v) is 4.44. The van der Waals surface area contributed by atoms with Crippen LogP contribution in [0.15, 0.2) is 42.5 Å². The number of halogens is 1. The summed E-state index contributed by atoms with van der Waals surface area (Å²) in [7, 11) is 0. The predicted molar refractivity (Wildman–Crippen MR) is 77.2 cm³/mol. The summed E-state index contributed by atoms with van der Waals surface area (Å²) in [6, 6.07) is 12.0. The maximum absolute atomic E-state index is 12.1. The van der Waals surface area contributed by atoms with Gasteiger partial charge in [-0.05, 0) is 18.2 Å². The van der Waals surface area contributed by atoms with E-state index >= 15 is 0 Å². The van der Waals surface area contributed by atoms with E-state index in [1.807, 2.05) is 6.07 Å². The molecule has 2 aromatic carbocycles. The Morgan fingerprint density at radius 3 is 2.62 bits per heavy atom. The minimum absolute atomic E-state index is 0.0314. The zero-order valence-electron chi connectivity index (χ0n) is 10.5. The van der Waals surface area contributed by atoms with Crippen LogP contribution in [0.3, 0.4) is 0 Å². The van der Waals surface area contributed by atoms with Crippen molar-refractivity contribution >= 4 is 28.9 Å². The summed E-state index contributed by atoms with van der Waals surface area (Å²) in [6.07, 6.45) is 0. The SMILES string of the molecule is N#Cc1ccccc1NC(=O)c1ccc([N+](=O)[O-])cc1Cl. The second kappa shape index (κ2) is 6.03. The lowest BCUT2D eigenvalue weighted by Gasteiger charge is -2.08. The fourth-order valence-electron chi connectivity index (χ4n) is 1.68. The number of anilines is 1. The Kier molecular flexibility index (Phi) is 4.16. The Morgan fingerprint density at radius 1 is 1.29 bits per heavy atom. The summed E-state index contributed by atoms with van der Waals surface area (Å²) in [5.74, 6) is -0.544. The number of para-hydroxylation sites is 1. The number of amides is 1. The fourth-order valence-corrected chi connectivity index (χ4v) is 1.94. The summed E-state index contributed by atoms with van der Waals surface area (Å²) < 4.78 is 0. The molecule has 2 aromatic rings. The van der Waals surface area contributed by atoms with Gasteiger partial charge in [0, 0.05) is 12.1 Å². The first kappa shape index (κ1) is 14.5. The van der Waals surface area contributed by atoms with Crippen LogP contribution in [0.1, 0.15) is 15.9 Å². The molecule has 0 saturated carbocycles. The third-order valence-corrected chi connectivity index (χ3v) is 3.02. The van der Waals surface area contributed by atoms with E-state index in [1.165, 1.54) is 12.1 Å². The van der Waals surface area contributed by atoms with Crippen molar-refractivity contribution < 1.29 is 9.72 Å². The monoisotopic (exact) mass is 301 g/mol. The number of hydrogen-bond donors (Lipinski definition) is 1. The quantitative estimate of drug-likeness (QED) is 0.694. The van der Waals surface area contributed by atoms with Crippen molar-refractivity contribution in [2.75, 3.05) is 5.32 Å². The third-order valence-electron chi connectivity index (χ3n) is 2.70. The molecule has 0 fully saturated rings. The Hall–Kier alpha value is -2.91. The van der Waals surface area contributed by atoms with Crippen molar-refractivity contribution in [1.29, 1.82) is 5.26 Å². The van der Waals surface area contributed by atoms with Crippen molar-refractivity contribution in [3.63, 3.8) is 0 Å². The summed E-state index contributed by atoms with van der Waals surface area (Å²) in [6.45, 7) is 0. The van der Waals surface area contributed by atoms with E-state index in [9.17, 15) is 14.9 Å². The minimum atomic E-state index is -0.599. The highest BCUT2D eigenvalue weighted by atomic mass is 35.5. The predicted octanol–water partition coefficient (Wildman–Crippen LogP) is 3.37. The van der Waals surface area contributed by atoms with Crippen LogP contribution < -0.4 is 5.32 Å². The number of nitrogens with zero attached hydrogens (tertiary/aromatic N) is 2. The number of rotatable bonds is 3. The highest BCUT2D eigenvalue weighted by molar-refractivity contribution is 6.34. The Morgan fingerprint density at radius 2 is 2.00 bits per heavy atom. The molecular weight excluding hydrogens is 294 g/mol. The molecule has 0 radical (unpaired) electrons. The Bertz CT molecular complexity index is 768. The topological polar surface area (TPSA) is 96.0 Å². The van der Waals surface area contributed by atoms with Crippen LogP contribution in [-0.4, -0.2) is 10.8 Å². The van der Waals surface area contributed by atoms with Gasteiger partial charge in [-0.15, -0.1) is 0 Å². The van der Waals surface area contributed by atoms with E-state index in [-0.39, 0.29) is 16.3 Å². The molecule has 0 aromatic heterocycles. The zero-order chi connectivity index (χ0) is 15.4. The third kappa shape index (κ3) is 3.16. The molecule has 21 heavy (non-hydrogen) atoms. The average Bonchev–Trinajstić information content (AvgIpc) is 2.47. The standard InChI is InChI=1S/C14H8ClN3O3/c15-12-7-10(18(20)21)5-6-11(12)14(19)17-13-4-2-1-3-9(13)8-16/h1-7H,(H,17,19). The van der Waals surface area contributed by atoms with Gasteiger partial charge in [-0.1, -0.05) is 23.7 Å². The molecule has 0 saturated heterocycles. The van der Waals surface area contributed by atoms with Gasteiger partial charge in [-0.2, -0.15) is 5.26 Å². The summed E-state index contributed by atoms with van der Waals surface area (Å²) >= 11 is 5.88. The number of nitro groups is 1. The highest BCUT2D eigenvalue weighted by Gasteiger charge is 2.15. The summed E-state index contributed by atoms with van der Waals surface area (Å²) in [5, 5.41) is 22.1. The molecule has 0 aliphatic rings. The van der Waals surface area contributed by atoms with Crippen LogP contribution in [0.5, 0.6) is 0 Å². The van der Waals surface area contributed by atoms with Crippen molar-refractivity contribution in [2.24, 2.45) is 0 Å². The van der Waals surface area contributed by atoms with Crippen molar-refractivity contribution in [1.82, 2.24) is 0 Å². The first-order valence-electron chi connectivity index (χ1n) is 5.77. The molecular formula is C14H8ClN3O3. The fraction of sp³-hybridized carbons (Fsp3) is 0. The normalized spacial score (nSPS) is 9.71. The molecule has 2 rings (SSSR count). The Balaban J connectivity index is 2.29. The largest absolute Gasteiger partial charge is 0.321 e. The summed E-state index contributed by atoms with van der Waals surface area (Å²) in [5.41, 5.74) is 0.548. The molecule has 0 aliphatic carbocycles. The lowest BCUT2D eigenvalue weighted by Crippen LogP contribution is -2.13. The van der Waals surface area contributed by atoms with Crippen LogP contribution >= 0.6 is 11.6 Å². The number of nitrogens with one attached hydrogen (secondary N) is 1. The van der Waals surface area contributed by atoms with Gasteiger partial charge in [0.15, 0.2) is 0 Å². The van der Waals surface area contributed by atoms with Crippen molar-refractivity contribution in [2.45, 2.75) is 0 Å². The molecule has 7 heteroatoms. The second-order valence-electron chi connectivity index (χ2n) is 4.03. The zero-order valence-corrected chi connectivity index (χ0v) is 11.3. The molecule has 0 unspecified atom stereocenters. The number of carbonyl (C=O) groups is 1. The molecule has 0 spiro atoms. The van der Waals surface area contributed by atoms with Crippen LogP contribution in [0, 0.1) is 21.4 Å². The first-order chi connectivity index (χ1) is 10.0. The van der Waals surface area contributed by atoms with Crippen LogP contribution in [0.4, 0.5) is 11.4 Å². The van der Waals surface area contributed by atoms with Gasteiger partial charge < -0.3 is 5.32 Å². The van der Waals surface area contributed by atoms with Gasteiger partial charge in [0.05, 0.1) is 26.8 Å². The number of hydrogen-bond acceptors (Lipinski definition) is 4. The van der Waals surface area contributed by atoms with Crippen LogP contribution in [-0.2, 0) is 0 Å². The van der Waals surface area contributed by atoms with E-state index in [4.69, 9.17) is 16.9 Å². The lowest BCUT2D eigenvalue weighted by molar-refractivity contribution is -0.384.